The van der Waals surface area contributed by atoms with Crippen LogP contribution in [-0.4, -0.2) is 24.4 Å². The minimum atomic E-state index is -0.293. The van der Waals surface area contributed by atoms with Crippen LogP contribution in [0.5, 0.6) is 0 Å². The van der Waals surface area contributed by atoms with Crippen LogP contribution in [0.15, 0.2) is 30.3 Å². The average molecular weight is 178 g/mol. The Labute approximate surface area is 78.2 Å². The predicted octanol–water partition coefficient (Wildman–Crippen LogP) is 0.604. The van der Waals surface area contributed by atoms with Crippen LogP contribution in [0, 0.1) is 0 Å². The zero-order valence-electron chi connectivity index (χ0n) is 7.73. The monoisotopic (exact) mass is 178 g/mol. The third-order valence-electron chi connectivity index (χ3n) is 1.72. The molecule has 0 radical (unpaired) electrons. The highest BCUT2D eigenvalue weighted by molar-refractivity contribution is 5.75. The summed E-state index contributed by atoms with van der Waals surface area (Å²) in [6.45, 7) is 1.05. The lowest BCUT2D eigenvalue weighted by Gasteiger charge is -2.13. The molecular formula is C10H14N2O. The van der Waals surface area contributed by atoms with Gasteiger partial charge < -0.3 is 5.73 Å². The molecule has 3 nitrogen and oxygen atoms in total. The maximum Gasteiger partial charge on any atom is 0.231 e. The number of primary amides is 1. The van der Waals surface area contributed by atoms with Crippen molar-refractivity contribution in [1.29, 1.82) is 0 Å². The highest BCUT2D eigenvalue weighted by atomic mass is 16.1. The Morgan fingerprint density at radius 3 is 2.54 bits per heavy atom. The van der Waals surface area contributed by atoms with Crippen molar-refractivity contribution in [3.63, 3.8) is 0 Å². The van der Waals surface area contributed by atoms with Crippen molar-refractivity contribution in [1.82, 2.24) is 4.90 Å². The number of carbonyl (C=O) groups excluding carboxylic acids is 1. The van der Waals surface area contributed by atoms with E-state index in [0.717, 1.165) is 6.54 Å². The molecule has 0 fully saturated rings. The molecule has 0 heterocycles. The second-order valence-electron chi connectivity index (χ2n) is 3.12. The van der Waals surface area contributed by atoms with Gasteiger partial charge in [0.05, 0.1) is 6.54 Å². The van der Waals surface area contributed by atoms with Gasteiger partial charge >= 0.3 is 0 Å². The van der Waals surface area contributed by atoms with Crippen molar-refractivity contribution < 1.29 is 4.79 Å². The molecule has 1 amide bonds. The molecule has 13 heavy (non-hydrogen) atoms. The summed E-state index contributed by atoms with van der Waals surface area (Å²) in [5.74, 6) is -0.293. The van der Waals surface area contributed by atoms with E-state index in [-0.39, 0.29) is 5.91 Å². The van der Waals surface area contributed by atoms with Crippen LogP contribution in [0.25, 0.3) is 0 Å². The van der Waals surface area contributed by atoms with E-state index in [2.05, 4.69) is 0 Å². The molecule has 1 aromatic rings. The van der Waals surface area contributed by atoms with E-state index >= 15 is 0 Å². The number of amides is 1. The fourth-order valence-electron chi connectivity index (χ4n) is 1.22. The fraction of sp³-hybridized carbons (Fsp3) is 0.300. The van der Waals surface area contributed by atoms with Gasteiger partial charge in [-0.2, -0.15) is 0 Å². The van der Waals surface area contributed by atoms with Gasteiger partial charge in [-0.25, -0.2) is 0 Å². The number of carbonyl (C=O) groups is 1. The predicted molar refractivity (Wildman–Crippen MR) is 52.0 cm³/mol. The lowest BCUT2D eigenvalue weighted by molar-refractivity contribution is -0.118. The van der Waals surface area contributed by atoms with Gasteiger partial charge in [0.15, 0.2) is 0 Å². The fourth-order valence-corrected chi connectivity index (χ4v) is 1.22. The third kappa shape index (κ3) is 3.71. The summed E-state index contributed by atoms with van der Waals surface area (Å²) in [6.07, 6.45) is 0. The quantitative estimate of drug-likeness (QED) is 0.734. The first-order valence-corrected chi connectivity index (χ1v) is 4.19. The Morgan fingerprint density at radius 1 is 1.38 bits per heavy atom. The maximum atomic E-state index is 10.6. The van der Waals surface area contributed by atoms with Crippen molar-refractivity contribution in [2.24, 2.45) is 5.73 Å². The normalized spacial score (nSPS) is 10.3. The van der Waals surface area contributed by atoms with Crippen LogP contribution >= 0.6 is 0 Å². The molecule has 1 aromatic carbocycles. The largest absolute Gasteiger partial charge is 0.369 e. The molecule has 0 saturated carbocycles. The average Bonchev–Trinajstić information content (AvgIpc) is 2.04. The van der Waals surface area contributed by atoms with E-state index in [1.54, 1.807) is 0 Å². The highest BCUT2D eigenvalue weighted by Gasteiger charge is 2.02. The zero-order valence-corrected chi connectivity index (χ0v) is 7.73. The number of rotatable bonds is 4. The third-order valence-corrected chi connectivity index (χ3v) is 1.72. The van der Waals surface area contributed by atoms with Gasteiger partial charge in [0.25, 0.3) is 0 Å². The molecule has 0 aliphatic carbocycles. The van der Waals surface area contributed by atoms with Gasteiger partial charge in [-0.15, -0.1) is 0 Å². The standard InChI is InChI=1S/C10H14N2O/c1-12(8-10(11)13)7-9-5-3-2-4-6-9/h2-6H,7-8H2,1H3,(H2,11,13). The Bertz CT molecular complexity index is 272. The Balaban J connectivity index is 2.45. The summed E-state index contributed by atoms with van der Waals surface area (Å²) in [7, 11) is 1.87. The van der Waals surface area contributed by atoms with Crippen molar-refractivity contribution in [3.8, 4) is 0 Å². The Kier molecular flexibility index (Phi) is 3.46. The summed E-state index contributed by atoms with van der Waals surface area (Å²) in [6, 6.07) is 9.98. The maximum absolute atomic E-state index is 10.6. The molecule has 0 unspecified atom stereocenters. The summed E-state index contributed by atoms with van der Waals surface area (Å²) >= 11 is 0. The van der Waals surface area contributed by atoms with Crippen molar-refractivity contribution >= 4 is 5.91 Å². The van der Waals surface area contributed by atoms with E-state index in [4.69, 9.17) is 5.73 Å². The first-order valence-electron chi connectivity index (χ1n) is 4.19. The van der Waals surface area contributed by atoms with E-state index < -0.39 is 0 Å². The van der Waals surface area contributed by atoms with Crippen molar-refractivity contribution in [3.05, 3.63) is 35.9 Å². The topological polar surface area (TPSA) is 46.3 Å². The molecule has 70 valence electrons. The SMILES string of the molecule is CN(CC(N)=O)Cc1ccccc1. The first kappa shape index (κ1) is 9.74. The van der Waals surface area contributed by atoms with Crippen LogP contribution < -0.4 is 5.73 Å². The number of nitrogens with two attached hydrogens (primary N) is 1. The second kappa shape index (κ2) is 4.62. The lowest BCUT2D eigenvalue weighted by Crippen LogP contribution is -2.30. The van der Waals surface area contributed by atoms with E-state index in [1.165, 1.54) is 5.56 Å². The van der Waals surface area contributed by atoms with Gasteiger partial charge in [0.1, 0.15) is 0 Å². The molecule has 0 spiro atoms. The zero-order chi connectivity index (χ0) is 9.68. The summed E-state index contributed by atoms with van der Waals surface area (Å²) in [5.41, 5.74) is 6.25. The first-order chi connectivity index (χ1) is 6.18. The molecule has 0 atom stereocenters. The summed E-state index contributed by atoms with van der Waals surface area (Å²) < 4.78 is 0. The molecule has 0 bridgehead atoms. The Morgan fingerprint density at radius 2 is 2.00 bits per heavy atom. The van der Waals surface area contributed by atoms with Crippen molar-refractivity contribution in [2.45, 2.75) is 6.54 Å². The van der Waals surface area contributed by atoms with E-state index in [1.807, 2.05) is 42.3 Å². The van der Waals surface area contributed by atoms with Gasteiger partial charge in [-0.3, -0.25) is 9.69 Å². The molecule has 0 aromatic heterocycles. The summed E-state index contributed by atoms with van der Waals surface area (Å²) in [4.78, 5) is 12.5. The molecule has 0 aliphatic rings. The lowest BCUT2D eigenvalue weighted by atomic mass is 10.2. The van der Waals surface area contributed by atoms with Crippen LogP contribution in [-0.2, 0) is 11.3 Å². The Hall–Kier alpha value is -1.35. The van der Waals surface area contributed by atoms with Crippen LogP contribution in [0.1, 0.15) is 5.56 Å². The van der Waals surface area contributed by atoms with Crippen LogP contribution in [0.2, 0.25) is 0 Å². The van der Waals surface area contributed by atoms with Gasteiger partial charge in [0.2, 0.25) is 5.91 Å². The number of hydrogen-bond acceptors (Lipinski definition) is 2. The van der Waals surface area contributed by atoms with Gasteiger partial charge in [-0.05, 0) is 12.6 Å². The van der Waals surface area contributed by atoms with Gasteiger partial charge in [-0.1, -0.05) is 30.3 Å². The molecule has 2 N–H and O–H groups in total. The van der Waals surface area contributed by atoms with Crippen LogP contribution in [0.4, 0.5) is 0 Å². The molecule has 0 aliphatic heterocycles. The molecule has 1 rings (SSSR count). The second-order valence-corrected chi connectivity index (χ2v) is 3.12. The smallest absolute Gasteiger partial charge is 0.231 e. The summed E-state index contributed by atoms with van der Waals surface area (Å²) in [5, 5.41) is 0. The van der Waals surface area contributed by atoms with E-state index in [9.17, 15) is 4.79 Å². The van der Waals surface area contributed by atoms with Crippen molar-refractivity contribution in [2.75, 3.05) is 13.6 Å². The van der Waals surface area contributed by atoms with Gasteiger partial charge in [0, 0.05) is 6.54 Å². The van der Waals surface area contributed by atoms with E-state index in [0.29, 0.717) is 6.54 Å². The minimum Gasteiger partial charge on any atom is -0.369 e. The highest BCUT2D eigenvalue weighted by Crippen LogP contribution is 2.01. The molecule has 3 heteroatoms. The number of likely N-dealkylation sites (N-methyl/N-ethyl adjacent to an activating group) is 1. The number of hydrogen-bond donors (Lipinski definition) is 1. The van der Waals surface area contributed by atoms with Crippen LogP contribution in [0.3, 0.4) is 0 Å². The molecular weight excluding hydrogens is 164 g/mol. The number of benzene rings is 1. The molecule has 0 saturated heterocycles. The number of nitrogens with zero attached hydrogens (tertiary/aromatic N) is 1. The minimum absolute atomic E-state index is 0.293.